The van der Waals surface area contributed by atoms with E-state index in [1.54, 1.807) is 30.5 Å². The summed E-state index contributed by atoms with van der Waals surface area (Å²) in [7, 11) is 1.60. The van der Waals surface area contributed by atoms with Crippen LogP contribution in [0.3, 0.4) is 0 Å². The number of amides is 2. The molecule has 0 saturated carbocycles. The molecule has 0 radical (unpaired) electrons. The van der Waals surface area contributed by atoms with Gasteiger partial charge < -0.3 is 24.8 Å². The quantitative estimate of drug-likeness (QED) is 0.518. The number of aromatic nitrogens is 1. The van der Waals surface area contributed by atoms with Gasteiger partial charge in [0.1, 0.15) is 5.82 Å². The van der Waals surface area contributed by atoms with Crippen LogP contribution in [0.4, 0.5) is 20.6 Å². The number of benzene rings is 2. The van der Waals surface area contributed by atoms with E-state index >= 15 is 0 Å². The molecular weight excluding hydrogens is 441 g/mol. The van der Waals surface area contributed by atoms with E-state index in [4.69, 9.17) is 9.73 Å². The monoisotopic (exact) mass is 469 g/mol. The predicted octanol–water partition coefficient (Wildman–Crippen LogP) is 3.74. The molecule has 7 nitrogen and oxygen atoms in total. The molecule has 0 aliphatic carbocycles. The van der Waals surface area contributed by atoms with Crippen LogP contribution in [0.15, 0.2) is 58.9 Å². The molecule has 174 valence electrons. The number of halogens is 1. The van der Waals surface area contributed by atoms with Crippen molar-refractivity contribution in [2.45, 2.75) is 13.0 Å². The number of hydrogen-bond donors (Lipinski definition) is 2. The molecule has 2 N–H and O–H groups in total. The van der Waals surface area contributed by atoms with Gasteiger partial charge in [-0.2, -0.15) is 0 Å². The van der Waals surface area contributed by atoms with Crippen molar-refractivity contribution >= 4 is 28.7 Å². The smallest absolute Gasteiger partial charge is 0.314 e. The van der Waals surface area contributed by atoms with Gasteiger partial charge in [-0.25, -0.2) is 14.2 Å². The van der Waals surface area contributed by atoms with Crippen molar-refractivity contribution in [3.63, 3.8) is 0 Å². The molecule has 0 atom stereocenters. The van der Waals surface area contributed by atoms with Crippen LogP contribution in [-0.4, -0.2) is 50.5 Å². The number of nitrogens with one attached hydrogen (secondary N) is 2. The number of carbonyl (C=O) groups is 1. The third-order valence-corrected chi connectivity index (χ3v) is 6.32. The number of anilines is 1. The van der Waals surface area contributed by atoms with Crippen LogP contribution in [0, 0.1) is 5.82 Å². The van der Waals surface area contributed by atoms with Gasteiger partial charge in [-0.3, -0.25) is 0 Å². The topological polar surface area (TPSA) is 70.9 Å². The second-order valence-corrected chi connectivity index (χ2v) is 8.49. The maximum Gasteiger partial charge on any atom is 0.314 e. The minimum absolute atomic E-state index is 0.194. The van der Waals surface area contributed by atoms with Gasteiger partial charge in [-0.15, -0.1) is 11.3 Å². The number of nitrogens with zero attached hydrogens (tertiary/aromatic N) is 3. The number of morpholine rings is 1. The zero-order chi connectivity index (χ0) is 23.0. The van der Waals surface area contributed by atoms with Gasteiger partial charge in [-0.05, 0) is 48.4 Å². The summed E-state index contributed by atoms with van der Waals surface area (Å²) in [5, 5.41) is 7.48. The summed E-state index contributed by atoms with van der Waals surface area (Å²) in [5.41, 5.74) is 4.05. The molecule has 1 aromatic heterocycles. The van der Waals surface area contributed by atoms with Crippen molar-refractivity contribution < 1.29 is 13.9 Å². The average Bonchev–Trinajstić information content (AvgIpc) is 3.26. The van der Waals surface area contributed by atoms with Crippen LogP contribution in [-0.2, 0) is 11.3 Å². The highest BCUT2D eigenvalue weighted by molar-refractivity contribution is 7.07. The number of rotatable bonds is 7. The lowest BCUT2D eigenvalue weighted by Crippen LogP contribution is -2.36. The van der Waals surface area contributed by atoms with E-state index in [2.05, 4.69) is 49.7 Å². The fourth-order valence-corrected chi connectivity index (χ4v) is 4.64. The zero-order valence-corrected chi connectivity index (χ0v) is 19.4. The Labute approximate surface area is 196 Å². The number of thiazole rings is 1. The van der Waals surface area contributed by atoms with E-state index in [1.807, 2.05) is 0 Å². The van der Waals surface area contributed by atoms with Crippen molar-refractivity contribution in [3.05, 3.63) is 64.5 Å². The van der Waals surface area contributed by atoms with Gasteiger partial charge in [0.15, 0.2) is 4.80 Å². The normalized spacial score (nSPS) is 14.4. The summed E-state index contributed by atoms with van der Waals surface area (Å²) >= 11 is 1.55. The average molecular weight is 470 g/mol. The summed E-state index contributed by atoms with van der Waals surface area (Å²) < 4.78 is 20.9. The fourth-order valence-electron chi connectivity index (χ4n) is 3.68. The maximum atomic E-state index is 13.3. The molecule has 1 aliphatic rings. The highest BCUT2D eigenvalue weighted by Crippen LogP contribution is 2.25. The predicted molar refractivity (Wildman–Crippen MR) is 129 cm³/mol. The first-order valence-corrected chi connectivity index (χ1v) is 11.9. The molecule has 3 aromatic rings. The van der Waals surface area contributed by atoms with E-state index in [0.717, 1.165) is 48.8 Å². The van der Waals surface area contributed by atoms with E-state index in [1.165, 1.54) is 17.8 Å². The molecule has 4 rings (SSSR count). The molecule has 2 heterocycles. The van der Waals surface area contributed by atoms with Crippen LogP contribution >= 0.6 is 11.3 Å². The van der Waals surface area contributed by atoms with Gasteiger partial charge in [0, 0.05) is 44.3 Å². The van der Waals surface area contributed by atoms with Gasteiger partial charge in [0.05, 0.1) is 24.6 Å². The Morgan fingerprint density at radius 2 is 1.85 bits per heavy atom. The molecule has 2 amide bonds. The Morgan fingerprint density at radius 3 is 2.55 bits per heavy atom. The first-order valence-electron chi connectivity index (χ1n) is 11.0. The first-order chi connectivity index (χ1) is 16.1. The highest BCUT2D eigenvalue weighted by Gasteiger charge is 2.13. The summed E-state index contributed by atoms with van der Waals surface area (Å²) in [6.07, 6.45) is 0.750. The van der Waals surface area contributed by atoms with Crippen LogP contribution in [0.5, 0.6) is 0 Å². The minimum atomic E-state index is -0.283. The maximum absolute atomic E-state index is 13.3. The van der Waals surface area contributed by atoms with Crippen LogP contribution < -0.4 is 20.3 Å². The first kappa shape index (κ1) is 23.0. The summed E-state index contributed by atoms with van der Waals surface area (Å²) in [4.78, 5) is 19.4. The fraction of sp³-hybridized carbons (Fsp3) is 0.333. The molecule has 2 aromatic carbocycles. The van der Waals surface area contributed by atoms with Gasteiger partial charge >= 0.3 is 6.03 Å². The lowest BCUT2D eigenvalue weighted by Gasteiger charge is -2.28. The van der Waals surface area contributed by atoms with E-state index in [9.17, 15) is 9.18 Å². The number of ether oxygens (including phenoxy) is 1. The lowest BCUT2D eigenvalue weighted by molar-refractivity contribution is 0.122. The number of hydrogen-bond acceptors (Lipinski definition) is 5. The van der Waals surface area contributed by atoms with Crippen molar-refractivity contribution in [1.29, 1.82) is 0 Å². The van der Waals surface area contributed by atoms with Gasteiger partial charge in [0.2, 0.25) is 0 Å². The van der Waals surface area contributed by atoms with Crippen LogP contribution in [0.1, 0.15) is 6.42 Å². The zero-order valence-electron chi connectivity index (χ0n) is 18.6. The van der Waals surface area contributed by atoms with Crippen molar-refractivity contribution in [3.8, 4) is 11.3 Å². The Balaban J connectivity index is 1.60. The molecule has 1 fully saturated rings. The van der Waals surface area contributed by atoms with Crippen molar-refractivity contribution in [2.24, 2.45) is 4.99 Å². The molecule has 1 saturated heterocycles. The Kier molecular flexibility index (Phi) is 7.74. The molecule has 0 bridgehead atoms. The largest absolute Gasteiger partial charge is 0.378 e. The molecule has 9 heteroatoms. The highest BCUT2D eigenvalue weighted by atomic mass is 32.1. The minimum Gasteiger partial charge on any atom is -0.378 e. The summed E-state index contributed by atoms with van der Waals surface area (Å²) in [6, 6.07) is 14.5. The Morgan fingerprint density at radius 1 is 1.12 bits per heavy atom. The third kappa shape index (κ3) is 6.00. The second kappa shape index (κ2) is 11.1. The number of urea groups is 1. The Hall–Kier alpha value is -3.17. The molecule has 1 aliphatic heterocycles. The van der Waals surface area contributed by atoms with Crippen molar-refractivity contribution in [1.82, 2.24) is 15.2 Å². The number of carbonyl (C=O) groups excluding carboxylic acids is 1. The van der Waals surface area contributed by atoms with E-state index < -0.39 is 0 Å². The lowest BCUT2D eigenvalue weighted by atomic mass is 10.1. The van der Waals surface area contributed by atoms with Gasteiger partial charge in [-0.1, -0.05) is 12.1 Å². The third-order valence-electron chi connectivity index (χ3n) is 5.46. The molecular formula is C24H28FN5O2S. The van der Waals surface area contributed by atoms with Crippen LogP contribution in [0.25, 0.3) is 11.3 Å². The SMILES string of the molecule is CNC(=O)NCCCn1c(-c2ccc(N3CCOCC3)cc2)cs/c1=N\c1ccc(F)cc1. The second-order valence-electron chi connectivity index (χ2n) is 7.65. The Bertz CT molecular complexity index is 1120. The van der Waals surface area contributed by atoms with Crippen LogP contribution in [0.2, 0.25) is 0 Å². The van der Waals surface area contributed by atoms with E-state index in [-0.39, 0.29) is 11.8 Å². The molecule has 0 spiro atoms. The summed E-state index contributed by atoms with van der Waals surface area (Å²) in [6.45, 7) is 4.55. The molecule has 0 unspecified atom stereocenters. The summed E-state index contributed by atoms with van der Waals surface area (Å²) in [5.74, 6) is -0.283. The standard InChI is InChI=1S/C24H28FN5O2S/c1-26-23(31)27-11-2-12-30-22(17-33-24(30)28-20-7-5-19(25)6-8-20)18-3-9-21(10-4-18)29-13-15-32-16-14-29/h3-10,17H,2,11-16H2,1H3,(H2,26,27,31)/b28-24-. The van der Waals surface area contributed by atoms with Gasteiger partial charge in [0.25, 0.3) is 0 Å². The molecule has 33 heavy (non-hydrogen) atoms. The van der Waals surface area contributed by atoms with E-state index in [0.29, 0.717) is 18.8 Å². The van der Waals surface area contributed by atoms with Crippen molar-refractivity contribution in [2.75, 3.05) is 44.8 Å².